The molecule has 0 spiro atoms. The molecule has 28 heavy (non-hydrogen) atoms. The number of anilines is 1. The average molecular weight is 398 g/mol. The maximum absolute atomic E-state index is 12.6. The highest BCUT2D eigenvalue weighted by Crippen LogP contribution is 2.29. The number of hydrogen-bond acceptors (Lipinski definition) is 6. The normalized spacial score (nSPS) is 14.6. The van der Waals surface area contributed by atoms with E-state index < -0.39 is 0 Å². The standard InChI is InChI=1S/C20H23N5O2S/c1-13-15(19(27)22-14(2)21-13)7-8-18(26)24-9-11-25(12-10-24)20-23-16-5-3-4-6-17(16)28-20/h3-6H,7-12H2,1-2H3,(H,21,22,27). The summed E-state index contributed by atoms with van der Waals surface area (Å²) in [6, 6.07) is 8.13. The van der Waals surface area contributed by atoms with Gasteiger partial charge in [0.2, 0.25) is 5.91 Å². The van der Waals surface area contributed by atoms with Crippen LogP contribution in [0.3, 0.4) is 0 Å². The van der Waals surface area contributed by atoms with E-state index >= 15 is 0 Å². The minimum Gasteiger partial charge on any atom is -0.345 e. The molecule has 2 aromatic heterocycles. The lowest BCUT2D eigenvalue weighted by Crippen LogP contribution is -2.48. The number of aromatic nitrogens is 3. The van der Waals surface area contributed by atoms with Crippen molar-refractivity contribution in [3.8, 4) is 0 Å². The predicted octanol–water partition coefficient (Wildman–Crippen LogP) is 2.28. The molecule has 1 saturated heterocycles. The van der Waals surface area contributed by atoms with Crippen LogP contribution in [0.15, 0.2) is 29.1 Å². The Balaban J connectivity index is 1.34. The summed E-state index contributed by atoms with van der Waals surface area (Å²) in [6.45, 7) is 6.48. The summed E-state index contributed by atoms with van der Waals surface area (Å²) in [5.74, 6) is 0.687. The Morgan fingerprint density at radius 1 is 1.14 bits per heavy atom. The maximum atomic E-state index is 12.6. The molecule has 4 rings (SSSR count). The van der Waals surface area contributed by atoms with Crippen molar-refractivity contribution < 1.29 is 4.79 Å². The number of carbonyl (C=O) groups is 1. The molecule has 0 aliphatic carbocycles. The van der Waals surface area contributed by atoms with E-state index in [1.165, 1.54) is 4.70 Å². The number of nitrogens with zero attached hydrogens (tertiary/aromatic N) is 4. The number of carbonyl (C=O) groups excluding carboxylic acids is 1. The first-order valence-corrected chi connectivity index (χ1v) is 10.3. The van der Waals surface area contributed by atoms with Crippen molar-refractivity contribution in [3.63, 3.8) is 0 Å². The molecule has 8 heteroatoms. The molecule has 1 aromatic carbocycles. The van der Waals surface area contributed by atoms with Gasteiger partial charge in [0.1, 0.15) is 5.82 Å². The van der Waals surface area contributed by atoms with E-state index in [0.29, 0.717) is 43.0 Å². The summed E-state index contributed by atoms with van der Waals surface area (Å²) in [5, 5.41) is 1.01. The first kappa shape index (κ1) is 18.6. The van der Waals surface area contributed by atoms with E-state index in [9.17, 15) is 9.59 Å². The summed E-state index contributed by atoms with van der Waals surface area (Å²) in [4.78, 5) is 40.5. The Labute approximate surface area is 167 Å². The zero-order valence-corrected chi connectivity index (χ0v) is 16.9. The molecule has 0 unspecified atom stereocenters. The fourth-order valence-electron chi connectivity index (χ4n) is 3.58. The number of benzene rings is 1. The highest BCUT2D eigenvalue weighted by atomic mass is 32.1. The van der Waals surface area contributed by atoms with Crippen LogP contribution < -0.4 is 10.5 Å². The Hall–Kier alpha value is -2.74. The van der Waals surface area contributed by atoms with Gasteiger partial charge in [0.25, 0.3) is 5.56 Å². The molecule has 1 N–H and O–H groups in total. The molecule has 3 aromatic rings. The summed E-state index contributed by atoms with van der Waals surface area (Å²) in [6.07, 6.45) is 0.751. The number of piperazine rings is 1. The van der Waals surface area contributed by atoms with Gasteiger partial charge >= 0.3 is 0 Å². The number of aryl methyl sites for hydroxylation is 2. The van der Waals surface area contributed by atoms with E-state index in [4.69, 9.17) is 4.98 Å². The average Bonchev–Trinajstić information content (AvgIpc) is 3.11. The topological polar surface area (TPSA) is 82.2 Å². The lowest BCUT2D eigenvalue weighted by molar-refractivity contribution is -0.131. The highest BCUT2D eigenvalue weighted by molar-refractivity contribution is 7.22. The minimum absolute atomic E-state index is 0.0864. The summed E-state index contributed by atoms with van der Waals surface area (Å²) in [5.41, 5.74) is 2.19. The van der Waals surface area contributed by atoms with Gasteiger partial charge in [0.15, 0.2) is 5.13 Å². The molecule has 3 heterocycles. The van der Waals surface area contributed by atoms with Crippen LogP contribution in [0.5, 0.6) is 0 Å². The van der Waals surface area contributed by atoms with Crippen LogP contribution in [0.2, 0.25) is 0 Å². The van der Waals surface area contributed by atoms with Gasteiger partial charge in [0, 0.05) is 43.9 Å². The molecule has 146 valence electrons. The van der Waals surface area contributed by atoms with Crippen LogP contribution in [0, 0.1) is 13.8 Å². The van der Waals surface area contributed by atoms with Gasteiger partial charge in [-0.3, -0.25) is 9.59 Å². The van der Waals surface area contributed by atoms with Gasteiger partial charge < -0.3 is 14.8 Å². The van der Waals surface area contributed by atoms with Gasteiger partial charge in [-0.1, -0.05) is 23.5 Å². The van der Waals surface area contributed by atoms with Crippen molar-refractivity contribution in [2.24, 2.45) is 0 Å². The van der Waals surface area contributed by atoms with Crippen molar-refractivity contribution in [2.45, 2.75) is 26.7 Å². The summed E-state index contributed by atoms with van der Waals surface area (Å²) in [7, 11) is 0. The number of hydrogen-bond donors (Lipinski definition) is 1. The molecule has 0 bridgehead atoms. The minimum atomic E-state index is -0.140. The molecule has 0 radical (unpaired) electrons. The number of amides is 1. The second-order valence-corrected chi connectivity index (χ2v) is 8.06. The van der Waals surface area contributed by atoms with Gasteiger partial charge in [-0.2, -0.15) is 0 Å². The molecular formula is C20H23N5O2S. The van der Waals surface area contributed by atoms with Crippen molar-refractivity contribution in [1.29, 1.82) is 0 Å². The lowest BCUT2D eigenvalue weighted by atomic mass is 10.1. The molecule has 1 fully saturated rings. The smallest absolute Gasteiger partial charge is 0.254 e. The zero-order chi connectivity index (χ0) is 19.7. The SMILES string of the molecule is Cc1nc(C)c(CCC(=O)N2CCN(c3nc4ccccc4s3)CC2)c(=O)[nH]1. The number of fused-ring (bicyclic) bond motifs is 1. The first-order valence-electron chi connectivity index (χ1n) is 9.46. The second-order valence-electron chi connectivity index (χ2n) is 7.05. The van der Waals surface area contributed by atoms with E-state index in [-0.39, 0.29) is 11.5 Å². The molecule has 0 atom stereocenters. The summed E-state index contributed by atoms with van der Waals surface area (Å²) < 4.78 is 1.18. The van der Waals surface area contributed by atoms with E-state index in [1.54, 1.807) is 18.3 Å². The van der Waals surface area contributed by atoms with Crippen LogP contribution in [-0.4, -0.2) is 51.9 Å². The van der Waals surface area contributed by atoms with Gasteiger partial charge in [-0.15, -0.1) is 0 Å². The van der Waals surface area contributed by atoms with Crippen molar-refractivity contribution in [3.05, 3.63) is 51.7 Å². The molecule has 1 aliphatic heterocycles. The number of rotatable bonds is 4. The Morgan fingerprint density at radius 3 is 2.61 bits per heavy atom. The largest absolute Gasteiger partial charge is 0.345 e. The zero-order valence-electron chi connectivity index (χ0n) is 16.1. The fraction of sp³-hybridized carbons (Fsp3) is 0.400. The quantitative estimate of drug-likeness (QED) is 0.730. The number of H-pyrrole nitrogens is 1. The molecule has 0 saturated carbocycles. The van der Waals surface area contributed by atoms with Crippen LogP contribution >= 0.6 is 11.3 Å². The van der Waals surface area contributed by atoms with E-state index in [1.807, 2.05) is 30.0 Å². The van der Waals surface area contributed by atoms with Crippen molar-refractivity contribution >= 4 is 32.6 Å². The molecule has 1 aliphatic rings. The number of aromatic amines is 1. The van der Waals surface area contributed by atoms with Crippen LogP contribution in [0.25, 0.3) is 10.2 Å². The predicted molar refractivity (Wildman–Crippen MR) is 111 cm³/mol. The van der Waals surface area contributed by atoms with Gasteiger partial charge in [-0.25, -0.2) is 9.97 Å². The van der Waals surface area contributed by atoms with E-state index in [2.05, 4.69) is 20.9 Å². The monoisotopic (exact) mass is 397 g/mol. The second kappa shape index (κ2) is 7.71. The van der Waals surface area contributed by atoms with E-state index in [0.717, 1.165) is 23.7 Å². The fourth-order valence-corrected chi connectivity index (χ4v) is 4.60. The Bertz CT molecular complexity index is 1030. The van der Waals surface area contributed by atoms with Crippen LogP contribution in [-0.2, 0) is 11.2 Å². The van der Waals surface area contributed by atoms with Crippen LogP contribution in [0.4, 0.5) is 5.13 Å². The number of para-hydroxylation sites is 1. The van der Waals surface area contributed by atoms with Gasteiger partial charge in [-0.05, 0) is 32.4 Å². The third-order valence-electron chi connectivity index (χ3n) is 5.12. The van der Waals surface area contributed by atoms with Crippen LogP contribution in [0.1, 0.15) is 23.5 Å². The Morgan fingerprint density at radius 2 is 1.89 bits per heavy atom. The third kappa shape index (κ3) is 3.77. The maximum Gasteiger partial charge on any atom is 0.254 e. The van der Waals surface area contributed by atoms with Crippen molar-refractivity contribution in [1.82, 2.24) is 19.9 Å². The molecule has 1 amide bonds. The number of nitrogens with one attached hydrogen (secondary N) is 1. The van der Waals surface area contributed by atoms with Gasteiger partial charge in [0.05, 0.1) is 10.2 Å². The highest BCUT2D eigenvalue weighted by Gasteiger charge is 2.23. The Kier molecular flexibility index (Phi) is 5.13. The molecule has 7 nitrogen and oxygen atoms in total. The molecular weight excluding hydrogens is 374 g/mol. The van der Waals surface area contributed by atoms with Crippen molar-refractivity contribution in [2.75, 3.05) is 31.1 Å². The number of thiazole rings is 1. The summed E-state index contributed by atoms with van der Waals surface area (Å²) >= 11 is 1.69. The lowest BCUT2D eigenvalue weighted by Gasteiger charge is -2.34. The first-order chi connectivity index (χ1) is 13.5. The third-order valence-corrected chi connectivity index (χ3v) is 6.21.